The van der Waals surface area contributed by atoms with Crippen LogP contribution in [-0.4, -0.2) is 65.3 Å². The summed E-state index contributed by atoms with van der Waals surface area (Å²) in [4.78, 5) is 4.43. The average molecular weight is 401 g/mol. The Bertz CT molecular complexity index is 738. The zero-order chi connectivity index (χ0) is 19.6. The van der Waals surface area contributed by atoms with Crippen molar-refractivity contribution in [1.29, 1.82) is 0 Å². The molecule has 1 aromatic carbocycles. The Morgan fingerprint density at radius 1 is 1.21 bits per heavy atom. The topological polar surface area (TPSA) is 49.1 Å². The zero-order valence-corrected chi connectivity index (χ0v) is 16.9. The van der Waals surface area contributed by atoms with Gasteiger partial charge in [-0.25, -0.2) is 0 Å². The van der Waals surface area contributed by atoms with Crippen LogP contribution < -0.4 is 4.74 Å². The molecule has 6 heteroatoms. The zero-order valence-electron chi connectivity index (χ0n) is 16.1. The third kappa shape index (κ3) is 6.61. The number of aliphatic hydroxyl groups is 1. The predicted octanol–water partition coefficient (Wildman–Crippen LogP) is 2.70. The lowest BCUT2D eigenvalue weighted by Crippen LogP contribution is -2.40. The highest BCUT2D eigenvalue weighted by Crippen LogP contribution is 2.21. The van der Waals surface area contributed by atoms with Crippen molar-refractivity contribution in [3.05, 3.63) is 54.0 Å². The summed E-state index contributed by atoms with van der Waals surface area (Å²) in [6.45, 7) is 4.82. The second-order valence-corrected chi connectivity index (χ2v) is 8.14. The summed E-state index contributed by atoms with van der Waals surface area (Å²) >= 11 is 1.97. The molecule has 0 bridgehead atoms. The molecule has 0 amide bonds. The molecule has 1 saturated heterocycles. The maximum Gasteiger partial charge on any atom is 0.123 e. The summed E-state index contributed by atoms with van der Waals surface area (Å²) in [5.41, 5.74) is 1.05. The Balaban J connectivity index is 1.56. The first-order valence-electron chi connectivity index (χ1n) is 9.61. The van der Waals surface area contributed by atoms with Gasteiger partial charge in [-0.1, -0.05) is 24.1 Å². The van der Waals surface area contributed by atoms with E-state index in [1.807, 2.05) is 48.2 Å². The lowest BCUT2D eigenvalue weighted by molar-refractivity contribution is 0.0708. The van der Waals surface area contributed by atoms with Crippen LogP contribution in [0.25, 0.3) is 0 Å². The first kappa shape index (κ1) is 20.8. The standard InChI is InChI=1S/C22H28N2O3S/c1-2-9-24(17-21-7-5-12-26-21)15-19-6-3-4-8-22(19)27-18-20(25)16-23-10-13-28-14-11-23/h1,3-8,12,20,25H,9-11,13-18H2/t20-/m1/s1. The molecule has 0 unspecified atom stereocenters. The van der Waals surface area contributed by atoms with Crippen LogP contribution in [0.5, 0.6) is 5.75 Å². The number of hydrogen-bond donors (Lipinski definition) is 1. The molecule has 3 rings (SSSR count). The Morgan fingerprint density at radius 3 is 2.79 bits per heavy atom. The number of benzene rings is 1. The molecule has 1 fully saturated rings. The van der Waals surface area contributed by atoms with Gasteiger partial charge in [0, 0.05) is 43.2 Å². The summed E-state index contributed by atoms with van der Waals surface area (Å²) in [5, 5.41) is 10.4. The Kier molecular flexibility index (Phi) is 8.31. The molecule has 0 spiro atoms. The number of hydrogen-bond acceptors (Lipinski definition) is 6. The minimum absolute atomic E-state index is 0.286. The minimum atomic E-state index is -0.499. The fourth-order valence-electron chi connectivity index (χ4n) is 3.26. The van der Waals surface area contributed by atoms with Gasteiger partial charge in [-0.15, -0.1) is 6.42 Å². The van der Waals surface area contributed by atoms with E-state index in [0.29, 0.717) is 26.2 Å². The molecule has 1 aliphatic heterocycles. The lowest BCUT2D eigenvalue weighted by atomic mass is 10.2. The molecule has 1 atom stereocenters. The molecule has 150 valence electrons. The quantitative estimate of drug-likeness (QED) is 0.619. The van der Waals surface area contributed by atoms with E-state index in [-0.39, 0.29) is 6.61 Å². The van der Waals surface area contributed by atoms with Crippen molar-refractivity contribution in [1.82, 2.24) is 9.80 Å². The van der Waals surface area contributed by atoms with Gasteiger partial charge in [0.2, 0.25) is 0 Å². The van der Waals surface area contributed by atoms with Crippen molar-refractivity contribution in [2.75, 3.05) is 44.3 Å². The Hall–Kier alpha value is -1.91. The first-order valence-corrected chi connectivity index (χ1v) is 10.8. The van der Waals surface area contributed by atoms with Crippen LogP contribution in [0.3, 0.4) is 0 Å². The highest BCUT2D eigenvalue weighted by Gasteiger charge is 2.16. The van der Waals surface area contributed by atoms with Crippen molar-refractivity contribution in [3.8, 4) is 18.1 Å². The summed E-state index contributed by atoms with van der Waals surface area (Å²) in [6, 6.07) is 11.7. The highest BCUT2D eigenvalue weighted by atomic mass is 32.2. The van der Waals surface area contributed by atoms with Gasteiger partial charge < -0.3 is 14.3 Å². The fourth-order valence-corrected chi connectivity index (χ4v) is 4.24. The number of aliphatic hydroxyl groups excluding tert-OH is 1. The van der Waals surface area contributed by atoms with E-state index in [9.17, 15) is 5.11 Å². The van der Waals surface area contributed by atoms with E-state index in [4.69, 9.17) is 15.6 Å². The van der Waals surface area contributed by atoms with Gasteiger partial charge in [0.25, 0.3) is 0 Å². The fraction of sp³-hybridized carbons (Fsp3) is 0.455. The van der Waals surface area contributed by atoms with Gasteiger partial charge in [-0.05, 0) is 18.2 Å². The predicted molar refractivity (Wildman–Crippen MR) is 113 cm³/mol. The second-order valence-electron chi connectivity index (χ2n) is 6.91. The number of ether oxygens (including phenoxy) is 1. The molecular weight excluding hydrogens is 372 g/mol. The van der Waals surface area contributed by atoms with Gasteiger partial charge in [0.05, 0.1) is 19.4 Å². The summed E-state index contributed by atoms with van der Waals surface area (Å²) in [6.07, 6.45) is 6.72. The maximum absolute atomic E-state index is 10.4. The molecule has 2 heterocycles. The van der Waals surface area contributed by atoms with Gasteiger partial charge in [-0.3, -0.25) is 9.80 Å². The second kappa shape index (κ2) is 11.2. The molecule has 1 aromatic heterocycles. The van der Waals surface area contributed by atoms with Gasteiger partial charge in [0.15, 0.2) is 0 Å². The van der Waals surface area contributed by atoms with Crippen LogP contribution in [0.15, 0.2) is 47.1 Å². The minimum Gasteiger partial charge on any atom is -0.491 e. The average Bonchev–Trinajstić information content (AvgIpc) is 3.21. The van der Waals surface area contributed by atoms with E-state index >= 15 is 0 Å². The van der Waals surface area contributed by atoms with Crippen molar-refractivity contribution in [2.24, 2.45) is 0 Å². The van der Waals surface area contributed by atoms with Crippen LogP contribution in [0.4, 0.5) is 0 Å². The molecule has 28 heavy (non-hydrogen) atoms. The first-order chi connectivity index (χ1) is 13.7. The van der Waals surface area contributed by atoms with E-state index in [0.717, 1.165) is 41.7 Å². The third-order valence-corrected chi connectivity index (χ3v) is 5.59. The number of thioether (sulfide) groups is 1. The van der Waals surface area contributed by atoms with E-state index in [1.54, 1.807) is 6.26 Å². The van der Waals surface area contributed by atoms with Crippen molar-refractivity contribution >= 4 is 11.8 Å². The SMILES string of the molecule is C#CCN(Cc1ccco1)Cc1ccccc1OC[C@H](O)CN1CCSCC1. The summed E-state index contributed by atoms with van der Waals surface area (Å²) in [5.74, 6) is 6.65. The van der Waals surface area contributed by atoms with Crippen LogP contribution in [-0.2, 0) is 13.1 Å². The van der Waals surface area contributed by atoms with Crippen molar-refractivity contribution in [3.63, 3.8) is 0 Å². The number of para-hydroxylation sites is 1. The number of rotatable bonds is 10. The smallest absolute Gasteiger partial charge is 0.123 e. The monoisotopic (exact) mass is 400 g/mol. The number of β-amino-alcohol motifs (C(OH)–C–C–N with tert-alkyl or cyclic N) is 1. The molecule has 2 aromatic rings. The molecule has 0 saturated carbocycles. The molecule has 0 radical (unpaired) electrons. The molecule has 5 nitrogen and oxygen atoms in total. The van der Waals surface area contributed by atoms with Crippen molar-refractivity contribution in [2.45, 2.75) is 19.2 Å². The summed E-state index contributed by atoms with van der Waals surface area (Å²) in [7, 11) is 0. The van der Waals surface area contributed by atoms with Gasteiger partial charge >= 0.3 is 0 Å². The molecular formula is C22H28N2O3S. The van der Waals surface area contributed by atoms with E-state index in [1.165, 1.54) is 0 Å². The molecule has 1 N–H and O–H groups in total. The molecule has 0 aliphatic carbocycles. The third-order valence-electron chi connectivity index (χ3n) is 4.64. The number of furan rings is 1. The maximum atomic E-state index is 10.4. The van der Waals surface area contributed by atoms with Crippen molar-refractivity contribution < 1.29 is 14.3 Å². The number of terminal acetylenes is 1. The lowest BCUT2D eigenvalue weighted by Gasteiger charge is -2.28. The molecule has 1 aliphatic rings. The van der Waals surface area contributed by atoms with Crippen LogP contribution >= 0.6 is 11.8 Å². The van der Waals surface area contributed by atoms with Gasteiger partial charge in [0.1, 0.15) is 24.2 Å². The van der Waals surface area contributed by atoms with E-state index < -0.39 is 6.10 Å². The van der Waals surface area contributed by atoms with Crippen LogP contribution in [0.1, 0.15) is 11.3 Å². The van der Waals surface area contributed by atoms with Crippen LogP contribution in [0.2, 0.25) is 0 Å². The number of nitrogens with zero attached hydrogens (tertiary/aromatic N) is 2. The largest absolute Gasteiger partial charge is 0.491 e. The Labute approximate surface area is 171 Å². The van der Waals surface area contributed by atoms with Gasteiger partial charge in [-0.2, -0.15) is 11.8 Å². The normalized spacial score (nSPS) is 16.0. The van der Waals surface area contributed by atoms with Crippen LogP contribution in [0, 0.1) is 12.3 Å². The highest BCUT2D eigenvalue weighted by molar-refractivity contribution is 7.99. The Morgan fingerprint density at radius 2 is 2.04 bits per heavy atom. The van der Waals surface area contributed by atoms with E-state index in [2.05, 4.69) is 15.7 Å². The summed E-state index contributed by atoms with van der Waals surface area (Å²) < 4.78 is 11.4.